The first-order valence-electron chi connectivity index (χ1n) is 8.91. The molecular weight excluding hydrogens is 300 g/mol. The van der Waals surface area contributed by atoms with E-state index in [4.69, 9.17) is 4.84 Å². The summed E-state index contributed by atoms with van der Waals surface area (Å²) in [5, 5.41) is 6.95. The van der Waals surface area contributed by atoms with Crippen LogP contribution in [0.2, 0.25) is 0 Å². The summed E-state index contributed by atoms with van der Waals surface area (Å²) in [6, 6.07) is 8.50. The van der Waals surface area contributed by atoms with Crippen LogP contribution in [0.15, 0.2) is 29.4 Å². The number of amides is 1. The standard InChI is InChI=1S/C20H30N2O2/c1-15-7-5-6-8-18(15)22-19(23)14-24-21-13-16-9-11-17(12-10-16)20(2,3)4/h9-13,15,18H,5-8,14H2,1-4H3,(H,22,23)/b21-13+. The van der Waals surface area contributed by atoms with E-state index in [1.54, 1.807) is 6.21 Å². The van der Waals surface area contributed by atoms with Gasteiger partial charge in [-0.25, -0.2) is 0 Å². The summed E-state index contributed by atoms with van der Waals surface area (Å²) in [5.74, 6) is 0.460. The average Bonchev–Trinajstić information content (AvgIpc) is 2.53. The molecule has 0 spiro atoms. The van der Waals surface area contributed by atoms with E-state index in [0.717, 1.165) is 12.0 Å². The SMILES string of the molecule is CC1CCCCC1NC(=O)CO/N=C/c1ccc(C(C)(C)C)cc1. The van der Waals surface area contributed by atoms with E-state index in [9.17, 15) is 4.79 Å². The molecule has 24 heavy (non-hydrogen) atoms. The molecule has 1 aliphatic rings. The molecule has 0 radical (unpaired) electrons. The zero-order valence-electron chi connectivity index (χ0n) is 15.3. The molecule has 2 rings (SSSR count). The third-order valence-corrected chi connectivity index (χ3v) is 4.71. The van der Waals surface area contributed by atoms with Crippen molar-refractivity contribution in [2.24, 2.45) is 11.1 Å². The minimum atomic E-state index is -0.0889. The Morgan fingerprint density at radius 1 is 1.25 bits per heavy atom. The minimum absolute atomic E-state index is 0.0280. The van der Waals surface area contributed by atoms with E-state index in [1.807, 2.05) is 12.1 Å². The van der Waals surface area contributed by atoms with E-state index in [2.05, 4.69) is 50.3 Å². The fraction of sp³-hybridized carbons (Fsp3) is 0.600. The van der Waals surface area contributed by atoms with Gasteiger partial charge in [0.25, 0.3) is 5.91 Å². The molecule has 4 heteroatoms. The Labute approximate surface area is 145 Å². The third-order valence-electron chi connectivity index (χ3n) is 4.71. The highest BCUT2D eigenvalue weighted by Crippen LogP contribution is 2.23. The number of nitrogens with zero attached hydrogens (tertiary/aromatic N) is 1. The summed E-state index contributed by atoms with van der Waals surface area (Å²) in [6.45, 7) is 8.73. The van der Waals surface area contributed by atoms with Crippen molar-refractivity contribution in [3.8, 4) is 0 Å². The second-order valence-electron chi connectivity index (χ2n) is 7.82. The summed E-state index contributed by atoms with van der Waals surface area (Å²) in [7, 11) is 0. The van der Waals surface area contributed by atoms with Crippen LogP contribution in [0, 0.1) is 5.92 Å². The predicted octanol–water partition coefficient (Wildman–Crippen LogP) is 4.03. The first-order chi connectivity index (χ1) is 11.4. The maximum Gasteiger partial charge on any atom is 0.261 e. The molecule has 0 aliphatic heterocycles. The molecule has 1 amide bonds. The van der Waals surface area contributed by atoms with E-state index in [0.29, 0.717) is 5.92 Å². The van der Waals surface area contributed by atoms with Crippen LogP contribution in [0.4, 0.5) is 0 Å². The van der Waals surface area contributed by atoms with Crippen molar-refractivity contribution in [3.05, 3.63) is 35.4 Å². The normalized spacial score (nSPS) is 21.7. The molecule has 4 nitrogen and oxygen atoms in total. The number of benzene rings is 1. The Morgan fingerprint density at radius 3 is 2.54 bits per heavy atom. The van der Waals surface area contributed by atoms with Gasteiger partial charge < -0.3 is 10.2 Å². The number of rotatable bonds is 5. The van der Waals surface area contributed by atoms with Crippen molar-refractivity contribution in [3.63, 3.8) is 0 Å². The Kier molecular flexibility index (Phi) is 6.41. The van der Waals surface area contributed by atoms with Gasteiger partial charge in [0.2, 0.25) is 0 Å². The van der Waals surface area contributed by atoms with Crippen LogP contribution in [-0.2, 0) is 15.0 Å². The predicted molar refractivity (Wildman–Crippen MR) is 98.3 cm³/mol. The van der Waals surface area contributed by atoms with Crippen molar-refractivity contribution >= 4 is 12.1 Å². The number of hydrogen-bond donors (Lipinski definition) is 1. The van der Waals surface area contributed by atoms with Gasteiger partial charge in [0.05, 0.1) is 6.21 Å². The van der Waals surface area contributed by atoms with Crippen LogP contribution in [-0.4, -0.2) is 24.8 Å². The molecule has 1 saturated carbocycles. The second-order valence-corrected chi connectivity index (χ2v) is 7.82. The fourth-order valence-corrected chi connectivity index (χ4v) is 3.04. The van der Waals surface area contributed by atoms with Gasteiger partial charge in [-0.05, 0) is 35.3 Å². The Morgan fingerprint density at radius 2 is 1.92 bits per heavy atom. The summed E-state index contributed by atoms with van der Waals surface area (Å²) < 4.78 is 0. The van der Waals surface area contributed by atoms with Crippen LogP contribution in [0.3, 0.4) is 0 Å². The lowest BCUT2D eigenvalue weighted by Crippen LogP contribution is -2.42. The number of oxime groups is 1. The Balaban J connectivity index is 1.74. The van der Waals surface area contributed by atoms with Gasteiger partial charge in [-0.1, -0.05) is 70.0 Å². The highest BCUT2D eigenvalue weighted by atomic mass is 16.6. The summed E-state index contributed by atoms with van der Waals surface area (Å²) in [4.78, 5) is 17.0. The molecule has 0 aromatic heterocycles. The monoisotopic (exact) mass is 330 g/mol. The first-order valence-corrected chi connectivity index (χ1v) is 8.91. The average molecular weight is 330 g/mol. The summed E-state index contributed by atoms with van der Waals surface area (Å²) >= 11 is 0. The van der Waals surface area contributed by atoms with Crippen LogP contribution in [0.1, 0.15) is 64.5 Å². The van der Waals surface area contributed by atoms with Gasteiger partial charge in [-0.15, -0.1) is 0 Å². The quantitative estimate of drug-likeness (QED) is 0.654. The number of carbonyl (C=O) groups excluding carboxylic acids is 1. The summed E-state index contributed by atoms with van der Waals surface area (Å²) in [5.41, 5.74) is 2.38. The van der Waals surface area contributed by atoms with Crippen LogP contribution >= 0.6 is 0 Å². The Bertz CT molecular complexity index is 558. The van der Waals surface area contributed by atoms with Crippen molar-refractivity contribution in [1.29, 1.82) is 0 Å². The van der Waals surface area contributed by atoms with E-state index in [-0.39, 0.29) is 24.0 Å². The van der Waals surface area contributed by atoms with Crippen LogP contribution in [0.5, 0.6) is 0 Å². The van der Waals surface area contributed by atoms with Crippen LogP contribution < -0.4 is 5.32 Å². The number of nitrogens with one attached hydrogen (secondary N) is 1. The number of carbonyl (C=O) groups is 1. The van der Waals surface area contributed by atoms with Crippen molar-refractivity contribution in [2.45, 2.75) is 64.8 Å². The van der Waals surface area contributed by atoms with E-state index in [1.165, 1.54) is 24.8 Å². The van der Waals surface area contributed by atoms with Gasteiger partial charge in [-0.2, -0.15) is 0 Å². The molecule has 0 bridgehead atoms. The molecule has 1 aromatic rings. The van der Waals surface area contributed by atoms with Gasteiger partial charge in [0.15, 0.2) is 6.61 Å². The van der Waals surface area contributed by atoms with Gasteiger partial charge in [-0.3, -0.25) is 4.79 Å². The maximum atomic E-state index is 11.9. The molecule has 1 N–H and O–H groups in total. The lowest BCUT2D eigenvalue weighted by Gasteiger charge is -2.29. The Hall–Kier alpha value is -1.84. The topological polar surface area (TPSA) is 50.7 Å². The summed E-state index contributed by atoms with van der Waals surface area (Å²) in [6.07, 6.45) is 6.36. The second kappa shape index (κ2) is 8.32. The molecule has 0 saturated heterocycles. The fourth-order valence-electron chi connectivity index (χ4n) is 3.04. The first kappa shape index (κ1) is 18.5. The van der Waals surface area contributed by atoms with Gasteiger partial charge >= 0.3 is 0 Å². The minimum Gasteiger partial charge on any atom is -0.386 e. The van der Waals surface area contributed by atoms with Crippen molar-refractivity contribution < 1.29 is 9.63 Å². The largest absolute Gasteiger partial charge is 0.386 e. The van der Waals surface area contributed by atoms with E-state index >= 15 is 0 Å². The lowest BCUT2D eigenvalue weighted by atomic mass is 9.86. The lowest BCUT2D eigenvalue weighted by molar-refractivity contribution is -0.126. The third kappa shape index (κ3) is 5.66. The zero-order chi connectivity index (χ0) is 17.6. The molecule has 2 unspecified atom stereocenters. The molecule has 1 aliphatic carbocycles. The zero-order valence-corrected chi connectivity index (χ0v) is 15.3. The molecule has 1 aromatic carbocycles. The number of hydrogen-bond acceptors (Lipinski definition) is 3. The molecule has 132 valence electrons. The van der Waals surface area contributed by atoms with Crippen LogP contribution in [0.25, 0.3) is 0 Å². The van der Waals surface area contributed by atoms with E-state index < -0.39 is 0 Å². The maximum absolute atomic E-state index is 11.9. The highest BCUT2D eigenvalue weighted by Gasteiger charge is 2.22. The smallest absolute Gasteiger partial charge is 0.261 e. The molecule has 0 heterocycles. The molecular formula is C20H30N2O2. The van der Waals surface area contributed by atoms with Gasteiger partial charge in [0, 0.05) is 6.04 Å². The highest BCUT2D eigenvalue weighted by molar-refractivity contribution is 5.80. The molecule has 1 fully saturated rings. The molecule has 2 atom stereocenters. The van der Waals surface area contributed by atoms with Gasteiger partial charge in [0.1, 0.15) is 0 Å². The van der Waals surface area contributed by atoms with Crippen molar-refractivity contribution in [2.75, 3.05) is 6.61 Å². The van der Waals surface area contributed by atoms with Crippen molar-refractivity contribution in [1.82, 2.24) is 5.32 Å².